The van der Waals surface area contributed by atoms with Gasteiger partial charge in [0.05, 0.1) is 17.9 Å². The molecule has 1 aromatic rings. The monoisotopic (exact) mass is 330 g/mol. The van der Waals surface area contributed by atoms with E-state index in [4.69, 9.17) is 10.2 Å². The van der Waals surface area contributed by atoms with E-state index in [1.54, 1.807) is 0 Å². The molecule has 1 aliphatic carbocycles. The molecule has 0 spiro atoms. The molecule has 2 rings (SSSR count). The second kappa shape index (κ2) is 7.34. The SMILES string of the molecule is O=C1C=CC(O)=C(C(=O)NCCO)C1=Nc1ccc(C(=O)O)cc1. The molecule has 0 fully saturated rings. The van der Waals surface area contributed by atoms with Crippen LogP contribution in [0.5, 0.6) is 0 Å². The zero-order valence-electron chi connectivity index (χ0n) is 12.4. The van der Waals surface area contributed by atoms with E-state index >= 15 is 0 Å². The summed E-state index contributed by atoms with van der Waals surface area (Å²) in [4.78, 5) is 39.0. The molecule has 0 heterocycles. The number of amides is 1. The fourth-order valence-corrected chi connectivity index (χ4v) is 1.96. The zero-order valence-corrected chi connectivity index (χ0v) is 12.4. The van der Waals surface area contributed by atoms with Crippen LogP contribution in [0.4, 0.5) is 5.69 Å². The number of ketones is 1. The largest absolute Gasteiger partial charge is 0.507 e. The van der Waals surface area contributed by atoms with Crippen LogP contribution in [0, 0.1) is 0 Å². The molecule has 4 N–H and O–H groups in total. The fourth-order valence-electron chi connectivity index (χ4n) is 1.96. The molecule has 0 radical (unpaired) electrons. The number of rotatable bonds is 5. The first kappa shape index (κ1) is 17.1. The Morgan fingerprint density at radius 3 is 2.38 bits per heavy atom. The maximum Gasteiger partial charge on any atom is 0.335 e. The molecule has 0 saturated carbocycles. The Labute approximate surface area is 136 Å². The van der Waals surface area contributed by atoms with Crippen LogP contribution in [-0.4, -0.2) is 51.8 Å². The summed E-state index contributed by atoms with van der Waals surface area (Å²) in [6, 6.07) is 5.37. The zero-order chi connectivity index (χ0) is 17.7. The summed E-state index contributed by atoms with van der Waals surface area (Å²) in [5.41, 5.74) is -0.279. The average molecular weight is 330 g/mol. The van der Waals surface area contributed by atoms with E-state index in [1.165, 1.54) is 24.3 Å². The van der Waals surface area contributed by atoms with Gasteiger partial charge in [0, 0.05) is 6.54 Å². The van der Waals surface area contributed by atoms with Gasteiger partial charge in [-0.05, 0) is 36.4 Å². The molecule has 124 valence electrons. The molecule has 8 heteroatoms. The lowest BCUT2D eigenvalue weighted by atomic mass is 9.98. The number of carbonyl (C=O) groups is 3. The van der Waals surface area contributed by atoms with Gasteiger partial charge in [-0.15, -0.1) is 0 Å². The van der Waals surface area contributed by atoms with Crippen molar-refractivity contribution < 1.29 is 29.7 Å². The van der Waals surface area contributed by atoms with Gasteiger partial charge in [-0.25, -0.2) is 9.79 Å². The van der Waals surface area contributed by atoms with E-state index in [0.717, 1.165) is 12.2 Å². The smallest absolute Gasteiger partial charge is 0.335 e. The third-order valence-electron chi connectivity index (χ3n) is 3.10. The standard InChI is InChI=1S/C16H14N2O6/c19-8-7-17-15(22)13-11(20)5-6-12(21)14(13)18-10-3-1-9(2-4-10)16(23)24/h1-6,19-20H,7-8H2,(H,17,22)(H,23,24). The second-order valence-electron chi connectivity index (χ2n) is 4.75. The van der Waals surface area contributed by atoms with Gasteiger partial charge >= 0.3 is 5.97 Å². The number of aliphatic hydroxyl groups is 2. The Hall–Kier alpha value is -3.26. The summed E-state index contributed by atoms with van der Waals surface area (Å²) in [7, 11) is 0. The van der Waals surface area contributed by atoms with Crippen LogP contribution in [0.1, 0.15) is 10.4 Å². The predicted molar refractivity (Wildman–Crippen MR) is 84.4 cm³/mol. The van der Waals surface area contributed by atoms with Crippen molar-refractivity contribution in [2.24, 2.45) is 4.99 Å². The van der Waals surface area contributed by atoms with Crippen LogP contribution in [0.2, 0.25) is 0 Å². The molecule has 1 amide bonds. The first-order chi connectivity index (χ1) is 11.4. The number of allylic oxidation sites excluding steroid dienone is 2. The Balaban J connectivity index is 2.40. The van der Waals surface area contributed by atoms with E-state index in [-0.39, 0.29) is 35.7 Å². The van der Waals surface area contributed by atoms with Gasteiger partial charge in [-0.1, -0.05) is 0 Å². The number of carbonyl (C=O) groups excluding carboxylic acids is 2. The number of aromatic carboxylic acids is 1. The Morgan fingerprint density at radius 2 is 1.79 bits per heavy atom. The van der Waals surface area contributed by atoms with Crippen molar-refractivity contribution in [3.8, 4) is 0 Å². The molecule has 1 aromatic carbocycles. The van der Waals surface area contributed by atoms with Crippen molar-refractivity contribution in [3.63, 3.8) is 0 Å². The lowest BCUT2D eigenvalue weighted by molar-refractivity contribution is -0.117. The third-order valence-corrected chi connectivity index (χ3v) is 3.10. The summed E-state index contributed by atoms with van der Waals surface area (Å²) >= 11 is 0. The highest BCUT2D eigenvalue weighted by molar-refractivity contribution is 6.56. The van der Waals surface area contributed by atoms with Gasteiger partial charge in [0.25, 0.3) is 5.91 Å². The minimum Gasteiger partial charge on any atom is -0.507 e. The molecule has 24 heavy (non-hydrogen) atoms. The van der Waals surface area contributed by atoms with Gasteiger partial charge in [0.15, 0.2) is 0 Å². The number of aliphatic imine (C=N–C) groups is 1. The van der Waals surface area contributed by atoms with Crippen molar-refractivity contribution in [2.75, 3.05) is 13.2 Å². The maximum absolute atomic E-state index is 12.1. The molecule has 0 unspecified atom stereocenters. The van der Waals surface area contributed by atoms with Crippen LogP contribution < -0.4 is 5.32 Å². The lowest BCUT2D eigenvalue weighted by Crippen LogP contribution is -2.34. The summed E-state index contributed by atoms with van der Waals surface area (Å²) in [5, 5.41) is 29.8. The summed E-state index contributed by atoms with van der Waals surface area (Å²) in [6.07, 6.45) is 2.16. The molecule has 0 atom stereocenters. The number of carboxylic acid groups (broad SMARTS) is 1. The van der Waals surface area contributed by atoms with Crippen molar-refractivity contribution in [2.45, 2.75) is 0 Å². The first-order valence-corrected chi connectivity index (χ1v) is 6.91. The van der Waals surface area contributed by atoms with Crippen molar-refractivity contribution in [3.05, 3.63) is 53.3 Å². The van der Waals surface area contributed by atoms with Gasteiger partial charge in [0.1, 0.15) is 17.0 Å². The van der Waals surface area contributed by atoms with Crippen molar-refractivity contribution in [1.82, 2.24) is 5.32 Å². The van der Waals surface area contributed by atoms with E-state index in [9.17, 15) is 19.5 Å². The number of carboxylic acids is 1. The summed E-state index contributed by atoms with van der Waals surface area (Å²) < 4.78 is 0. The molecule has 1 aliphatic rings. The van der Waals surface area contributed by atoms with E-state index in [2.05, 4.69) is 10.3 Å². The predicted octanol–water partition coefficient (Wildman–Crippen LogP) is 0.517. The average Bonchev–Trinajstić information content (AvgIpc) is 2.56. The lowest BCUT2D eigenvalue weighted by Gasteiger charge is -2.13. The van der Waals surface area contributed by atoms with Gasteiger partial charge in [0.2, 0.25) is 5.78 Å². The first-order valence-electron chi connectivity index (χ1n) is 6.91. The minimum absolute atomic E-state index is 0.0475. The highest BCUT2D eigenvalue weighted by Crippen LogP contribution is 2.20. The van der Waals surface area contributed by atoms with Crippen LogP contribution in [0.3, 0.4) is 0 Å². The van der Waals surface area contributed by atoms with Crippen LogP contribution in [0.25, 0.3) is 0 Å². The second-order valence-corrected chi connectivity index (χ2v) is 4.75. The molecule has 0 aromatic heterocycles. The molecular weight excluding hydrogens is 316 g/mol. The van der Waals surface area contributed by atoms with Crippen LogP contribution in [0.15, 0.2) is 52.7 Å². The number of benzene rings is 1. The van der Waals surface area contributed by atoms with Crippen LogP contribution in [-0.2, 0) is 9.59 Å². The highest BCUT2D eigenvalue weighted by atomic mass is 16.4. The number of hydrogen-bond donors (Lipinski definition) is 4. The van der Waals surface area contributed by atoms with E-state index in [0.29, 0.717) is 0 Å². The number of aliphatic hydroxyl groups excluding tert-OH is 2. The third kappa shape index (κ3) is 3.73. The number of hydrogen-bond acceptors (Lipinski definition) is 6. The normalized spacial score (nSPS) is 15.7. The van der Waals surface area contributed by atoms with E-state index < -0.39 is 23.4 Å². The quantitative estimate of drug-likeness (QED) is 0.581. The Bertz CT molecular complexity index is 774. The van der Waals surface area contributed by atoms with Gasteiger partial charge in [-0.2, -0.15) is 0 Å². The highest BCUT2D eigenvalue weighted by Gasteiger charge is 2.27. The van der Waals surface area contributed by atoms with Crippen molar-refractivity contribution in [1.29, 1.82) is 0 Å². The molecule has 0 aliphatic heterocycles. The maximum atomic E-state index is 12.1. The topological polar surface area (TPSA) is 136 Å². The van der Waals surface area contributed by atoms with Gasteiger partial charge < -0.3 is 20.6 Å². The Kier molecular flexibility index (Phi) is 5.23. The van der Waals surface area contributed by atoms with Crippen molar-refractivity contribution >= 4 is 29.1 Å². The summed E-state index contributed by atoms with van der Waals surface area (Å²) in [5.74, 6) is -2.86. The number of nitrogens with one attached hydrogen (secondary N) is 1. The molecule has 0 bridgehead atoms. The fraction of sp³-hybridized carbons (Fsp3) is 0.125. The van der Waals surface area contributed by atoms with Gasteiger partial charge in [-0.3, -0.25) is 9.59 Å². The number of nitrogens with zero attached hydrogens (tertiary/aromatic N) is 1. The molecule has 8 nitrogen and oxygen atoms in total. The van der Waals surface area contributed by atoms with Crippen LogP contribution >= 0.6 is 0 Å². The van der Waals surface area contributed by atoms with E-state index in [1.807, 2.05) is 0 Å². The Morgan fingerprint density at radius 1 is 1.12 bits per heavy atom. The molecule has 0 saturated heterocycles. The minimum atomic E-state index is -1.10. The molecular formula is C16H14N2O6. The summed E-state index contributed by atoms with van der Waals surface area (Å²) in [6.45, 7) is -0.346.